The van der Waals surface area contributed by atoms with Crippen LogP contribution in [0.4, 0.5) is 0 Å². The van der Waals surface area contributed by atoms with E-state index in [4.69, 9.17) is 10.5 Å². The molecule has 0 aliphatic carbocycles. The number of nitrogens with zero attached hydrogens (tertiary/aromatic N) is 1. The van der Waals surface area contributed by atoms with Crippen LogP contribution in [0.5, 0.6) is 0 Å². The molecule has 0 aromatic carbocycles. The highest BCUT2D eigenvalue weighted by molar-refractivity contribution is 9.11. The minimum atomic E-state index is -0.407. The fourth-order valence-corrected chi connectivity index (χ4v) is 3.51. The molecule has 1 unspecified atom stereocenters. The summed E-state index contributed by atoms with van der Waals surface area (Å²) in [6, 6.07) is 1.63. The summed E-state index contributed by atoms with van der Waals surface area (Å²) in [6.07, 6.45) is 1.76. The van der Waals surface area contributed by atoms with E-state index in [1.165, 1.54) is 0 Å². The molecule has 1 fully saturated rings. The van der Waals surface area contributed by atoms with Crippen LogP contribution < -0.4 is 5.73 Å². The van der Waals surface area contributed by atoms with E-state index in [0.29, 0.717) is 19.8 Å². The number of carbonyl (C=O) groups is 1. The van der Waals surface area contributed by atoms with Gasteiger partial charge in [-0.25, -0.2) is 0 Å². The third-order valence-corrected chi connectivity index (χ3v) is 5.03. The lowest BCUT2D eigenvalue weighted by molar-refractivity contribution is -0.133. The van der Waals surface area contributed by atoms with Crippen LogP contribution in [0.1, 0.15) is 18.4 Å². The Hall–Kier alpha value is -0.430. The molecule has 0 saturated carbocycles. The van der Waals surface area contributed by atoms with Crippen molar-refractivity contribution in [3.8, 4) is 0 Å². The number of likely N-dealkylation sites (N-methyl/N-ethyl adjacent to an activating group) is 1. The van der Waals surface area contributed by atoms with E-state index in [-0.39, 0.29) is 11.8 Å². The molecule has 0 bridgehead atoms. The van der Waals surface area contributed by atoms with Crippen LogP contribution in [0.15, 0.2) is 15.2 Å². The summed E-state index contributed by atoms with van der Waals surface area (Å²) in [6.45, 7) is 2.04. The number of halogens is 1. The molecular formula is C13H19BrN2O2S. The molecule has 0 radical (unpaired) electrons. The van der Waals surface area contributed by atoms with Gasteiger partial charge in [0.25, 0.3) is 0 Å². The zero-order valence-electron chi connectivity index (χ0n) is 11.0. The Balaban J connectivity index is 1.90. The molecule has 2 heterocycles. The van der Waals surface area contributed by atoms with Crippen molar-refractivity contribution in [1.82, 2.24) is 4.90 Å². The van der Waals surface area contributed by atoms with Gasteiger partial charge in [0.2, 0.25) is 5.91 Å². The first-order valence-corrected chi connectivity index (χ1v) is 8.06. The Labute approximate surface area is 126 Å². The minimum absolute atomic E-state index is 0.0224. The second-order valence-corrected chi connectivity index (χ2v) is 7.22. The number of hydrogen-bond acceptors (Lipinski definition) is 4. The highest BCUT2D eigenvalue weighted by Crippen LogP contribution is 2.23. The number of amides is 1. The first-order chi connectivity index (χ1) is 9.08. The van der Waals surface area contributed by atoms with Crippen LogP contribution in [0.3, 0.4) is 0 Å². The third kappa shape index (κ3) is 4.02. The molecule has 1 aromatic rings. The molecule has 2 N–H and O–H groups in total. The van der Waals surface area contributed by atoms with Crippen LogP contribution in [0, 0.1) is 5.92 Å². The first kappa shape index (κ1) is 15.0. The normalized spacial score (nSPS) is 18.3. The fraction of sp³-hybridized carbons (Fsp3) is 0.615. The van der Waals surface area contributed by atoms with Gasteiger partial charge in [-0.1, -0.05) is 0 Å². The molecule has 2 rings (SSSR count). The highest BCUT2D eigenvalue weighted by Gasteiger charge is 2.28. The predicted molar refractivity (Wildman–Crippen MR) is 80.0 cm³/mol. The van der Waals surface area contributed by atoms with Crippen molar-refractivity contribution in [2.45, 2.75) is 25.4 Å². The maximum absolute atomic E-state index is 12.3. The van der Waals surface area contributed by atoms with Crippen molar-refractivity contribution in [2.75, 3.05) is 20.3 Å². The van der Waals surface area contributed by atoms with Gasteiger partial charge in [-0.2, -0.15) is 0 Å². The molecule has 0 spiro atoms. The van der Waals surface area contributed by atoms with E-state index in [9.17, 15) is 4.79 Å². The number of ether oxygens (including phenoxy) is 1. The average Bonchev–Trinajstić information content (AvgIpc) is 2.83. The number of hydrogen-bond donors (Lipinski definition) is 1. The topological polar surface area (TPSA) is 55.6 Å². The summed E-state index contributed by atoms with van der Waals surface area (Å²) < 4.78 is 6.38. The van der Waals surface area contributed by atoms with E-state index in [2.05, 4.69) is 15.9 Å². The molecular weight excluding hydrogens is 328 g/mol. The van der Waals surface area contributed by atoms with Gasteiger partial charge in [0.1, 0.15) is 0 Å². The van der Waals surface area contributed by atoms with Crippen molar-refractivity contribution in [3.63, 3.8) is 0 Å². The summed E-state index contributed by atoms with van der Waals surface area (Å²) in [5.74, 6) is 0.270. The maximum atomic E-state index is 12.3. The molecule has 1 amide bonds. The Morgan fingerprint density at radius 1 is 1.63 bits per heavy atom. The molecule has 6 heteroatoms. The minimum Gasteiger partial charge on any atom is -0.381 e. The highest BCUT2D eigenvalue weighted by atomic mass is 79.9. The second kappa shape index (κ2) is 6.83. The fourth-order valence-electron chi connectivity index (χ4n) is 2.31. The summed E-state index contributed by atoms with van der Waals surface area (Å²) in [5.41, 5.74) is 7.23. The van der Waals surface area contributed by atoms with Crippen molar-refractivity contribution in [2.24, 2.45) is 11.7 Å². The molecule has 106 valence electrons. The van der Waals surface area contributed by atoms with Crippen LogP contribution in [-0.2, 0) is 16.1 Å². The van der Waals surface area contributed by atoms with Crippen LogP contribution in [0.25, 0.3) is 0 Å². The van der Waals surface area contributed by atoms with Crippen molar-refractivity contribution in [3.05, 3.63) is 20.8 Å². The summed E-state index contributed by atoms with van der Waals surface area (Å²) in [5, 5.41) is 2.05. The van der Waals surface area contributed by atoms with Crippen LogP contribution in [0.2, 0.25) is 0 Å². The predicted octanol–water partition coefficient (Wildman–Crippen LogP) is 2.22. The van der Waals surface area contributed by atoms with Gasteiger partial charge in [0.05, 0.1) is 9.83 Å². The second-order valence-electron chi connectivity index (χ2n) is 4.93. The lowest BCUT2D eigenvalue weighted by Crippen LogP contribution is -2.47. The molecule has 19 heavy (non-hydrogen) atoms. The van der Waals surface area contributed by atoms with Gasteiger partial charge >= 0.3 is 0 Å². The number of carbonyl (C=O) groups excluding carboxylic acids is 1. The molecule has 1 aliphatic heterocycles. The quantitative estimate of drug-likeness (QED) is 0.909. The Bertz CT molecular complexity index is 432. The van der Waals surface area contributed by atoms with E-state index in [0.717, 1.165) is 22.2 Å². The summed E-state index contributed by atoms with van der Waals surface area (Å²) in [4.78, 5) is 14.0. The average molecular weight is 347 g/mol. The van der Waals surface area contributed by atoms with Crippen LogP contribution in [-0.4, -0.2) is 37.1 Å². The maximum Gasteiger partial charge on any atom is 0.239 e. The lowest BCUT2D eigenvalue weighted by atomic mass is 9.91. The lowest BCUT2D eigenvalue weighted by Gasteiger charge is -2.29. The largest absolute Gasteiger partial charge is 0.381 e. The zero-order chi connectivity index (χ0) is 13.8. The number of nitrogens with two attached hydrogens (primary N) is 1. The molecule has 1 saturated heterocycles. The standard InChI is InChI=1S/C13H19BrN2O2S/c1-16(7-9-6-11(14)19-8-9)13(17)12(15)10-2-4-18-5-3-10/h6,8,10,12H,2-5,7,15H2,1H3. The first-order valence-electron chi connectivity index (χ1n) is 6.39. The van der Waals surface area contributed by atoms with Gasteiger partial charge in [-0.3, -0.25) is 4.79 Å². The molecule has 1 aliphatic rings. The summed E-state index contributed by atoms with van der Waals surface area (Å²) in [7, 11) is 1.81. The Kier molecular flexibility index (Phi) is 5.38. The van der Waals surface area contributed by atoms with Gasteiger partial charge < -0.3 is 15.4 Å². The van der Waals surface area contributed by atoms with E-state index in [1.807, 2.05) is 18.5 Å². The van der Waals surface area contributed by atoms with Gasteiger partial charge in [0, 0.05) is 26.8 Å². The van der Waals surface area contributed by atoms with Gasteiger partial charge in [-0.15, -0.1) is 11.3 Å². The van der Waals surface area contributed by atoms with Gasteiger partial charge in [0.15, 0.2) is 0 Å². The van der Waals surface area contributed by atoms with E-state index < -0.39 is 6.04 Å². The summed E-state index contributed by atoms with van der Waals surface area (Å²) >= 11 is 5.05. The zero-order valence-corrected chi connectivity index (χ0v) is 13.4. The molecule has 1 atom stereocenters. The van der Waals surface area contributed by atoms with Crippen LogP contribution >= 0.6 is 27.3 Å². The SMILES string of the molecule is CN(Cc1csc(Br)c1)C(=O)C(N)C1CCOCC1. The smallest absolute Gasteiger partial charge is 0.239 e. The third-order valence-electron chi connectivity index (χ3n) is 3.48. The monoisotopic (exact) mass is 346 g/mol. The van der Waals surface area contributed by atoms with Crippen molar-refractivity contribution in [1.29, 1.82) is 0 Å². The Morgan fingerprint density at radius 2 is 2.32 bits per heavy atom. The number of thiophene rings is 1. The molecule has 1 aromatic heterocycles. The number of rotatable bonds is 4. The van der Waals surface area contributed by atoms with Gasteiger partial charge in [-0.05, 0) is 51.7 Å². The van der Waals surface area contributed by atoms with E-state index in [1.54, 1.807) is 16.2 Å². The van der Waals surface area contributed by atoms with Crippen molar-refractivity contribution >= 4 is 33.2 Å². The van der Waals surface area contributed by atoms with Crippen molar-refractivity contribution < 1.29 is 9.53 Å². The molecule has 4 nitrogen and oxygen atoms in total. The van der Waals surface area contributed by atoms with E-state index >= 15 is 0 Å². The Morgan fingerprint density at radius 3 is 2.89 bits per heavy atom.